The van der Waals surface area contributed by atoms with Gasteiger partial charge in [-0.15, -0.1) is 0 Å². The van der Waals surface area contributed by atoms with Crippen LogP contribution in [-0.2, 0) is 0 Å². The molecule has 0 unspecified atom stereocenters. The van der Waals surface area contributed by atoms with E-state index in [4.69, 9.17) is 8.83 Å². The van der Waals surface area contributed by atoms with Crippen molar-refractivity contribution in [3.8, 4) is 44.5 Å². The first-order chi connectivity index (χ1) is 21.8. The standard InChI is InChI=1S/C42H26O2/c1-3-11-27(12-4-1)29-15-9-16-30(23-29)32-24-31(28-13-5-2-6-14-28)25-33(26-32)34-18-10-20-39-40(34)37-22-21-36-35-17-7-8-19-38(35)43-41(36)42(37)44-39/h1-26H. The molecule has 0 spiro atoms. The lowest BCUT2D eigenvalue weighted by Crippen LogP contribution is -1.87. The zero-order valence-corrected chi connectivity index (χ0v) is 23.8. The van der Waals surface area contributed by atoms with Crippen molar-refractivity contribution in [2.75, 3.05) is 0 Å². The van der Waals surface area contributed by atoms with Gasteiger partial charge in [-0.05, 0) is 93.0 Å². The van der Waals surface area contributed by atoms with Gasteiger partial charge in [0, 0.05) is 21.5 Å². The van der Waals surface area contributed by atoms with E-state index >= 15 is 0 Å². The van der Waals surface area contributed by atoms with Gasteiger partial charge < -0.3 is 8.83 Å². The lowest BCUT2D eigenvalue weighted by Gasteiger charge is -2.13. The van der Waals surface area contributed by atoms with Crippen LogP contribution < -0.4 is 0 Å². The average Bonchev–Trinajstić information content (AvgIpc) is 3.68. The zero-order chi connectivity index (χ0) is 29.0. The van der Waals surface area contributed by atoms with E-state index in [9.17, 15) is 0 Å². The second-order valence-corrected chi connectivity index (χ2v) is 11.3. The molecule has 0 aliphatic rings. The van der Waals surface area contributed by atoms with E-state index in [1.165, 1.54) is 33.4 Å². The maximum atomic E-state index is 6.56. The van der Waals surface area contributed by atoms with Gasteiger partial charge in [-0.1, -0.05) is 109 Å². The second kappa shape index (κ2) is 9.86. The minimum absolute atomic E-state index is 0.788. The highest BCUT2D eigenvalue weighted by Gasteiger charge is 2.19. The van der Waals surface area contributed by atoms with Crippen LogP contribution in [0.1, 0.15) is 0 Å². The number of benzene rings is 7. The monoisotopic (exact) mass is 562 g/mol. The van der Waals surface area contributed by atoms with Gasteiger partial charge in [0.2, 0.25) is 0 Å². The molecule has 9 rings (SSSR count). The number of furan rings is 2. The zero-order valence-electron chi connectivity index (χ0n) is 23.8. The molecule has 0 saturated heterocycles. The molecule has 0 atom stereocenters. The molecule has 0 bridgehead atoms. The Kier molecular flexibility index (Phi) is 5.54. The predicted octanol–water partition coefficient (Wildman–Crippen LogP) is 12.2. The number of rotatable bonds is 4. The van der Waals surface area contributed by atoms with Crippen molar-refractivity contribution in [1.29, 1.82) is 0 Å². The fraction of sp³-hybridized carbons (Fsp3) is 0. The summed E-state index contributed by atoms with van der Waals surface area (Å²) < 4.78 is 12.9. The fourth-order valence-electron chi connectivity index (χ4n) is 6.56. The van der Waals surface area contributed by atoms with Crippen molar-refractivity contribution in [1.82, 2.24) is 0 Å². The third-order valence-corrected chi connectivity index (χ3v) is 8.66. The van der Waals surface area contributed by atoms with Gasteiger partial charge in [0.05, 0.1) is 0 Å². The molecule has 2 nitrogen and oxygen atoms in total. The van der Waals surface area contributed by atoms with Gasteiger partial charge in [-0.2, -0.15) is 0 Å². The molecule has 2 aromatic heterocycles. The van der Waals surface area contributed by atoms with Crippen LogP contribution in [-0.4, -0.2) is 0 Å². The van der Waals surface area contributed by atoms with Crippen molar-refractivity contribution >= 4 is 43.9 Å². The molecular formula is C42H26O2. The summed E-state index contributed by atoms with van der Waals surface area (Å²) in [6.07, 6.45) is 0. The van der Waals surface area contributed by atoms with Gasteiger partial charge in [-0.25, -0.2) is 0 Å². The van der Waals surface area contributed by atoms with E-state index < -0.39 is 0 Å². The Morgan fingerprint density at radius 1 is 0.295 bits per heavy atom. The SMILES string of the molecule is c1ccc(-c2cccc(-c3cc(-c4ccccc4)cc(-c4cccc5oc6c(ccc7c8ccccc8oc76)c45)c3)c2)cc1. The van der Waals surface area contributed by atoms with Gasteiger partial charge in [0.25, 0.3) is 0 Å². The highest BCUT2D eigenvalue weighted by Crippen LogP contribution is 2.43. The maximum absolute atomic E-state index is 6.56. The average molecular weight is 563 g/mol. The number of hydrogen-bond donors (Lipinski definition) is 0. The normalized spacial score (nSPS) is 11.6. The summed E-state index contributed by atoms with van der Waals surface area (Å²) in [7, 11) is 0. The van der Waals surface area contributed by atoms with Crippen LogP contribution in [0.2, 0.25) is 0 Å². The number of hydrogen-bond acceptors (Lipinski definition) is 2. The Labute approximate surface area is 254 Å². The summed E-state index contributed by atoms with van der Waals surface area (Å²) in [6, 6.07) is 55.7. The predicted molar refractivity (Wildman–Crippen MR) is 183 cm³/mol. The van der Waals surface area contributed by atoms with Crippen LogP contribution in [0.5, 0.6) is 0 Å². The first kappa shape index (κ1) is 24.7. The fourth-order valence-corrected chi connectivity index (χ4v) is 6.56. The second-order valence-electron chi connectivity index (χ2n) is 11.3. The van der Waals surface area contributed by atoms with Crippen molar-refractivity contribution in [2.45, 2.75) is 0 Å². The van der Waals surface area contributed by atoms with Crippen LogP contribution >= 0.6 is 0 Å². The van der Waals surface area contributed by atoms with Crippen molar-refractivity contribution < 1.29 is 8.83 Å². The molecule has 206 valence electrons. The maximum Gasteiger partial charge on any atom is 0.178 e. The van der Waals surface area contributed by atoms with E-state index in [1.807, 2.05) is 18.2 Å². The van der Waals surface area contributed by atoms with E-state index in [0.717, 1.165) is 55.0 Å². The minimum Gasteiger partial charge on any atom is -0.452 e. The molecule has 0 aliphatic heterocycles. The molecule has 0 saturated carbocycles. The molecule has 44 heavy (non-hydrogen) atoms. The quantitative estimate of drug-likeness (QED) is 0.213. The summed E-state index contributed by atoms with van der Waals surface area (Å²) in [6.45, 7) is 0. The van der Waals surface area contributed by atoms with Gasteiger partial charge >= 0.3 is 0 Å². The van der Waals surface area contributed by atoms with E-state index in [1.54, 1.807) is 0 Å². The first-order valence-corrected chi connectivity index (χ1v) is 14.9. The highest BCUT2D eigenvalue weighted by molar-refractivity contribution is 6.21. The molecule has 0 fully saturated rings. The van der Waals surface area contributed by atoms with Crippen molar-refractivity contribution in [3.63, 3.8) is 0 Å². The summed E-state index contributed by atoms with van der Waals surface area (Å²) in [5.41, 5.74) is 12.7. The summed E-state index contributed by atoms with van der Waals surface area (Å²) in [4.78, 5) is 0. The highest BCUT2D eigenvalue weighted by atomic mass is 16.4. The third kappa shape index (κ3) is 3.96. The molecule has 2 heteroatoms. The third-order valence-electron chi connectivity index (χ3n) is 8.66. The molecule has 0 aliphatic carbocycles. The van der Waals surface area contributed by atoms with Gasteiger partial charge in [0.1, 0.15) is 11.2 Å². The molecular weight excluding hydrogens is 536 g/mol. The molecule has 0 amide bonds. The first-order valence-electron chi connectivity index (χ1n) is 14.9. The summed E-state index contributed by atoms with van der Waals surface area (Å²) in [5.74, 6) is 0. The summed E-state index contributed by atoms with van der Waals surface area (Å²) in [5, 5.41) is 4.32. The topological polar surface area (TPSA) is 26.3 Å². The van der Waals surface area contributed by atoms with Crippen molar-refractivity contribution in [2.24, 2.45) is 0 Å². The Morgan fingerprint density at radius 2 is 0.795 bits per heavy atom. The lowest BCUT2D eigenvalue weighted by molar-refractivity contribution is 0.633. The van der Waals surface area contributed by atoms with Gasteiger partial charge in [-0.3, -0.25) is 0 Å². The Bertz CT molecular complexity index is 2480. The van der Waals surface area contributed by atoms with E-state index in [-0.39, 0.29) is 0 Å². The molecule has 0 radical (unpaired) electrons. The molecule has 9 aromatic rings. The van der Waals surface area contributed by atoms with Crippen molar-refractivity contribution in [3.05, 3.63) is 158 Å². The molecule has 7 aromatic carbocycles. The van der Waals surface area contributed by atoms with Crippen LogP contribution in [0.3, 0.4) is 0 Å². The Morgan fingerprint density at radius 3 is 1.59 bits per heavy atom. The van der Waals surface area contributed by atoms with Crippen LogP contribution in [0.4, 0.5) is 0 Å². The lowest BCUT2D eigenvalue weighted by atomic mass is 9.91. The smallest absolute Gasteiger partial charge is 0.178 e. The van der Waals surface area contributed by atoms with E-state index in [2.05, 4.69) is 140 Å². The van der Waals surface area contributed by atoms with Crippen LogP contribution in [0.15, 0.2) is 167 Å². The van der Waals surface area contributed by atoms with Crippen LogP contribution in [0.25, 0.3) is 88.4 Å². The molecule has 2 heterocycles. The summed E-state index contributed by atoms with van der Waals surface area (Å²) >= 11 is 0. The van der Waals surface area contributed by atoms with Gasteiger partial charge in [0.15, 0.2) is 11.2 Å². The largest absolute Gasteiger partial charge is 0.452 e. The molecule has 0 N–H and O–H groups in total. The van der Waals surface area contributed by atoms with E-state index in [0.29, 0.717) is 0 Å². The number of fused-ring (bicyclic) bond motifs is 7. The van der Waals surface area contributed by atoms with Crippen LogP contribution in [0, 0.1) is 0 Å². The minimum atomic E-state index is 0.788. The Hall–Kier alpha value is -5.86. The number of para-hydroxylation sites is 1. The Balaban J connectivity index is 1.29.